The number of methoxy groups -OCH3 is 2. The van der Waals surface area contributed by atoms with Gasteiger partial charge in [-0.15, -0.1) is 0 Å². The van der Waals surface area contributed by atoms with Crippen molar-refractivity contribution in [2.24, 2.45) is 0 Å². The maximum absolute atomic E-state index is 13.0. The molecule has 1 fully saturated rings. The van der Waals surface area contributed by atoms with E-state index >= 15 is 0 Å². The third-order valence-corrected chi connectivity index (χ3v) is 5.01. The molecule has 8 heteroatoms. The summed E-state index contributed by atoms with van der Waals surface area (Å²) in [6.07, 6.45) is 3.93. The molecule has 1 aliphatic rings. The predicted molar refractivity (Wildman–Crippen MR) is 110 cm³/mol. The molecule has 1 aromatic heterocycles. The van der Waals surface area contributed by atoms with Crippen LogP contribution in [0.4, 0.5) is 0 Å². The lowest BCUT2D eigenvalue weighted by molar-refractivity contribution is -0.154. The molecular formula is C22H27N3O5. The van der Waals surface area contributed by atoms with Gasteiger partial charge in [0.25, 0.3) is 0 Å². The van der Waals surface area contributed by atoms with Crippen LogP contribution in [0.1, 0.15) is 11.1 Å². The van der Waals surface area contributed by atoms with Gasteiger partial charge in [0.05, 0.1) is 27.4 Å². The Labute approximate surface area is 176 Å². The molecule has 160 valence electrons. The summed E-state index contributed by atoms with van der Waals surface area (Å²) in [4.78, 5) is 32.9. The lowest BCUT2D eigenvalue weighted by Crippen LogP contribution is -2.49. The van der Waals surface area contributed by atoms with E-state index in [4.69, 9.17) is 14.2 Å². The van der Waals surface area contributed by atoms with E-state index in [1.807, 2.05) is 30.3 Å². The van der Waals surface area contributed by atoms with E-state index < -0.39 is 11.8 Å². The summed E-state index contributed by atoms with van der Waals surface area (Å²) in [6.45, 7) is 2.51. The van der Waals surface area contributed by atoms with Crippen LogP contribution in [-0.2, 0) is 27.3 Å². The van der Waals surface area contributed by atoms with E-state index in [0.29, 0.717) is 57.3 Å². The lowest BCUT2D eigenvalue weighted by atomic mass is 10.1. The Morgan fingerprint density at radius 1 is 1.03 bits per heavy atom. The number of morpholine rings is 1. The Morgan fingerprint density at radius 3 is 2.40 bits per heavy atom. The molecule has 0 radical (unpaired) electrons. The van der Waals surface area contributed by atoms with Gasteiger partial charge < -0.3 is 24.0 Å². The zero-order valence-electron chi connectivity index (χ0n) is 17.4. The summed E-state index contributed by atoms with van der Waals surface area (Å²) in [5.74, 6) is 0.286. The molecule has 0 atom stereocenters. The number of rotatable bonds is 7. The molecule has 0 spiro atoms. The van der Waals surface area contributed by atoms with Crippen molar-refractivity contribution in [1.29, 1.82) is 0 Å². The molecule has 1 aromatic carbocycles. The van der Waals surface area contributed by atoms with Gasteiger partial charge in [0, 0.05) is 38.6 Å². The predicted octanol–water partition coefficient (Wildman–Crippen LogP) is 1.53. The number of ether oxygens (including phenoxy) is 3. The number of amides is 2. The van der Waals surface area contributed by atoms with Gasteiger partial charge in [0.2, 0.25) is 0 Å². The van der Waals surface area contributed by atoms with Crippen LogP contribution in [0.2, 0.25) is 0 Å². The van der Waals surface area contributed by atoms with Gasteiger partial charge in [0.15, 0.2) is 11.5 Å². The Balaban J connectivity index is 1.73. The highest BCUT2D eigenvalue weighted by Gasteiger charge is 2.28. The smallest absolute Gasteiger partial charge is 0.312 e. The Morgan fingerprint density at radius 2 is 1.73 bits per heavy atom. The average Bonchev–Trinajstić information content (AvgIpc) is 2.81. The highest BCUT2D eigenvalue weighted by Crippen LogP contribution is 2.27. The van der Waals surface area contributed by atoms with E-state index in [1.165, 1.54) is 0 Å². The van der Waals surface area contributed by atoms with Crippen molar-refractivity contribution in [3.8, 4) is 11.5 Å². The first-order valence-electron chi connectivity index (χ1n) is 9.88. The maximum atomic E-state index is 13.0. The summed E-state index contributed by atoms with van der Waals surface area (Å²) in [5, 5.41) is 0. The number of carbonyl (C=O) groups excluding carboxylic acids is 2. The van der Waals surface area contributed by atoms with Gasteiger partial charge in [-0.2, -0.15) is 0 Å². The fourth-order valence-corrected chi connectivity index (χ4v) is 3.30. The maximum Gasteiger partial charge on any atom is 0.312 e. The van der Waals surface area contributed by atoms with Gasteiger partial charge in [0.1, 0.15) is 0 Å². The molecule has 1 aliphatic heterocycles. The SMILES string of the molecule is COc1ccc(CCN(Cc2ccncc2)C(=O)C(=O)N2CCOCC2)cc1OC. The van der Waals surface area contributed by atoms with Crippen molar-refractivity contribution in [3.63, 3.8) is 0 Å². The first kappa shape index (κ1) is 21.6. The number of hydrogen-bond donors (Lipinski definition) is 0. The molecule has 2 aromatic rings. The molecule has 0 bridgehead atoms. The number of hydrogen-bond acceptors (Lipinski definition) is 6. The van der Waals surface area contributed by atoms with Gasteiger partial charge in [-0.25, -0.2) is 0 Å². The van der Waals surface area contributed by atoms with E-state index in [2.05, 4.69) is 4.98 Å². The van der Waals surface area contributed by atoms with Crippen LogP contribution in [0.25, 0.3) is 0 Å². The standard InChI is InChI=1S/C22H27N3O5/c1-28-19-4-3-17(15-20(19)29-2)7-10-25(16-18-5-8-23-9-6-18)22(27)21(26)24-11-13-30-14-12-24/h3-6,8-9,15H,7,10-14,16H2,1-2H3. The monoisotopic (exact) mass is 413 g/mol. The Kier molecular flexibility index (Phi) is 7.62. The number of pyridine rings is 1. The van der Waals surface area contributed by atoms with Crippen LogP contribution in [-0.4, -0.2) is 73.7 Å². The highest BCUT2D eigenvalue weighted by molar-refractivity contribution is 6.34. The zero-order valence-corrected chi connectivity index (χ0v) is 17.4. The Hall–Kier alpha value is -3.13. The van der Waals surface area contributed by atoms with Crippen LogP contribution in [0.5, 0.6) is 11.5 Å². The van der Waals surface area contributed by atoms with Crippen molar-refractivity contribution in [2.75, 3.05) is 47.1 Å². The molecule has 0 saturated carbocycles. The Bertz CT molecular complexity index is 853. The van der Waals surface area contributed by atoms with Crippen molar-refractivity contribution in [3.05, 3.63) is 53.9 Å². The molecule has 0 unspecified atom stereocenters. The molecule has 8 nitrogen and oxygen atoms in total. The second kappa shape index (κ2) is 10.6. The van der Waals surface area contributed by atoms with Gasteiger partial charge in [-0.3, -0.25) is 14.6 Å². The molecule has 2 heterocycles. The lowest BCUT2D eigenvalue weighted by Gasteiger charge is -2.29. The van der Waals surface area contributed by atoms with Gasteiger partial charge >= 0.3 is 11.8 Å². The number of carbonyl (C=O) groups is 2. The molecular weight excluding hydrogens is 386 g/mol. The summed E-state index contributed by atoms with van der Waals surface area (Å²) in [7, 11) is 3.17. The molecule has 3 rings (SSSR count). The number of nitrogens with zero attached hydrogens (tertiary/aromatic N) is 3. The zero-order chi connectivity index (χ0) is 21.3. The van der Waals surface area contributed by atoms with Gasteiger partial charge in [-0.1, -0.05) is 6.07 Å². The average molecular weight is 413 g/mol. The quantitative estimate of drug-likeness (QED) is 0.641. The van der Waals surface area contributed by atoms with Crippen molar-refractivity contribution >= 4 is 11.8 Å². The minimum Gasteiger partial charge on any atom is -0.493 e. The van der Waals surface area contributed by atoms with Crippen LogP contribution >= 0.6 is 0 Å². The fraction of sp³-hybridized carbons (Fsp3) is 0.409. The summed E-state index contributed by atoms with van der Waals surface area (Å²) in [5.41, 5.74) is 1.90. The number of aromatic nitrogens is 1. The van der Waals surface area contributed by atoms with Crippen LogP contribution in [0.15, 0.2) is 42.7 Å². The third-order valence-electron chi connectivity index (χ3n) is 5.01. The van der Waals surface area contributed by atoms with Crippen LogP contribution in [0, 0.1) is 0 Å². The molecule has 1 saturated heterocycles. The van der Waals surface area contributed by atoms with Crippen molar-refractivity contribution in [1.82, 2.24) is 14.8 Å². The van der Waals surface area contributed by atoms with E-state index in [0.717, 1.165) is 11.1 Å². The topological polar surface area (TPSA) is 81.2 Å². The molecule has 30 heavy (non-hydrogen) atoms. The molecule has 2 amide bonds. The second-order valence-electron chi connectivity index (χ2n) is 6.93. The fourth-order valence-electron chi connectivity index (χ4n) is 3.30. The summed E-state index contributed by atoms with van der Waals surface area (Å²) >= 11 is 0. The minimum atomic E-state index is -0.505. The number of benzene rings is 1. The highest BCUT2D eigenvalue weighted by atomic mass is 16.5. The summed E-state index contributed by atoms with van der Waals surface area (Å²) < 4.78 is 15.9. The van der Waals surface area contributed by atoms with E-state index in [-0.39, 0.29) is 0 Å². The van der Waals surface area contributed by atoms with Crippen molar-refractivity contribution in [2.45, 2.75) is 13.0 Å². The second-order valence-corrected chi connectivity index (χ2v) is 6.93. The molecule has 0 aliphatic carbocycles. The van der Waals surface area contributed by atoms with E-state index in [1.54, 1.807) is 36.4 Å². The van der Waals surface area contributed by atoms with Crippen LogP contribution < -0.4 is 9.47 Å². The van der Waals surface area contributed by atoms with E-state index in [9.17, 15) is 9.59 Å². The first-order chi connectivity index (χ1) is 14.6. The normalized spacial score (nSPS) is 13.6. The first-order valence-corrected chi connectivity index (χ1v) is 9.88. The third kappa shape index (κ3) is 5.48. The van der Waals surface area contributed by atoms with Crippen molar-refractivity contribution < 1.29 is 23.8 Å². The minimum absolute atomic E-state index is 0.338. The summed E-state index contributed by atoms with van der Waals surface area (Å²) in [6, 6.07) is 9.34. The van der Waals surface area contributed by atoms with Gasteiger partial charge in [-0.05, 0) is 41.8 Å². The van der Waals surface area contributed by atoms with Crippen LogP contribution in [0.3, 0.4) is 0 Å². The molecule has 0 N–H and O–H groups in total. The largest absolute Gasteiger partial charge is 0.493 e.